The highest BCUT2D eigenvalue weighted by atomic mass is 32.1. The van der Waals surface area contributed by atoms with Crippen LogP contribution in [-0.4, -0.2) is 16.6 Å². The van der Waals surface area contributed by atoms with Crippen molar-refractivity contribution in [2.75, 3.05) is 11.4 Å². The van der Waals surface area contributed by atoms with E-state index in [9.17, 15) is 5.11 Å². The van der Waals surface area contributed by atoms with Crippen LogP contribution in [0.3, 0.4) is 0 Å². The molecule has 0 unspecified atom stereocenters. The van der Waals surface area contributed by atoms with E-state index < -0.39 is 0 Å². The highest BCUT2D eigenvalue weighted by molar-refractivity contribution is 7.14. The standard InChI is InChI=1S/C25H24N2OS/c28-18-22-11-7-10-21(16-22)17-27(15-14-20-8-3-1-4-9-20)25-26-24(19-29-25)23-12-5-2-6-13-23/h1-13,16,19,28H,14-15,17-18H2. The number of aliphatic hydroxyl groups excluding tert-OH is 1. The van der Waals surface area contributed by atoms with Gasteiger partial charge in [-0.25, -0.2) is 4.98 Å². The number of hydrogen-bond donors (Lipinski definition) is 1. The van der Waals surface area contributed by atoms with Crippen molar-refractivity contribution in [3.05, 3.63) is 107 Å². The Hall–Kier alpha value is -2.95. The summed E-state index contributed by atoms with van der Waals surface area (Å²) in [6.45, 7) is 1.71. The Morgan fingerprint density at radius 1 is 0.793 bits per heavy atom. The number of nitrogens with zero attached hydrogens (tertiary/aromatic N) is 2. The lowest BCUT2D eigenvalue weighted by atomic mass is 10.1. The molecule has 0 radical (unpaired) electrons. The van der Waals surface area contributed by atoms with Crippen LogP contribution >= 0.6 is 11.3 Å². The van der Waals surface area contributed by atoms with Gasteiger partial charge in [0.25, 0.3) is 0 Å². The van der Waals surface area contributed by atoms with Gasteiger partial charge in [-0.1, -0.05) is 84.9 Å². The predicted octanol–water partition coefficient (Wildman–Crippen LogP) is 5.55. The summed E-state index contributed by atoms with van der Waals surface area (Å²) in [6.07, 6.45) is 0.959. The molecule has 0 aliphatic heterocycles. The maximum atomic E-state index is 9.47. The van der Waals surface area contributed by atoms with E-state index in [-0.39, 0.29) is 6.61 Å². The second-order valence-corrected chi connectivity index (χ2v) is 7.85. The van der Waals surface area contributed by atoms with E-state index in [1.807, 2.05) is 30.3 Å². The van der Waals surface area contributed by atoms with Crippen LogP contribution in [0.4, 0.5) is 5.13 Å². The van der Waals surface area contributed by atoms with Crippen molar-refractivity contribution in [3.8, 4) is 11.3 Å². The van der Waals surface area contributed by atoms with Crippen molar-refractivity contribution in [1.29, 1.82) is 0 Å². The van der Waals surface area contributed by atoms with Crippen molar-refractivity contribution in [1.82, 2.24) is 4.98 Å². The van der Waals surface area contributed by atoms with Crippen LogP contribution in [0.1, 0.15) is 16.7 Å². The number of anilines is 1. The lowest BCUT2D eigenvalue weighted by Crippen LogP contribution is -2.25. The first-order chi connectivity index (χ1) is 14.3. The molecule has 0 aliphatic carbocycles. The zero-order valence-corrected chi connectivity index (χ0v) is 17.1. The third-order valence-electron chi connectivity index (χ3n) is 4.89. The highest BCUT2D eigenvalue weighted by Gasteiger charge is 2.13. The van der Waals surface area contributed by atoms with E-state index >= 15 is 0 Å². The molecule has 4 rings (SSSR count). The number of thiazole rings is 1. The van der Waals surface area contributed by atoms with Crippen LogP contribution in [-0.2, 0) is 19.6 Å². The van der Waals surface area contributed by atoms with Crippen LogP contribution in [0, 0.1) is 0 Å². The second-order valence-electron chi connectivity index (χ2n) is 7.02. The van der Waals surface area contributed by atoms with Gasteiger partial charge in [-0.15, -0.1) is 11.3 Å². The molecule has 4 aromatic rings. The SMILES string of the molecule is OCc1cccc(CN(CCc2ccccc2)c2nc(-c3ccccc3)cs2)c1. The molecule has 146 valence electrons. The summed E-state index contributed by atoms with van der Waals surface area (Å²) < 4.78 is 0. The second kappa shape index (κ2) is 9.50. The van der Waals surface area contributed by atoms with Gasteiger partial charge in [0.15, 0.2) is 5.13 Å². The molecule has 0 amide bonds. The summed E-state index contributed by atoms with van der Waals surface area (Å²) in [5.74, 6) is 0. The van der Waals surface area contributed by atoms with Gasteiger partial charge in [-0.3, -0.25) is 0 Å². The number of rotatable bonds is 8. The Balaban J connectivity index is 1.58. The molecule has 1 aromatic heterocycles. The first-order valence-electron chi connectivity index (χ1n) is 9.80. The fourth-order valence-corrected chi connectivity index (χ4v) is 4.21. The fourth-order valence-electron chi connectivity index (χ4n) is 3.35. The summed E-state index contributed by atoms with van der Waals surface area (Å²) in [7, 11) is 0. The van der Waals surface area contributed by atoms with Crippen LogP contribution in [0.2, 0.25) is 0 Å². The van der Waals surface area contributed by atoms with E-state index in [2.05, 4.69) is 64.9 Å². The maximum Gasteiger partial charge on any atom is 0.186 e. The van der Waals surface area contributed by atoms with Gasteiger partial charge in [0.1, 0.15) is 0 Å². The molecule has 0 atom stereocenters. The summed E-state index contributed by atoms with van der Waals surface area (Å²) in [4.78, 5) is 7.26. The van der Waals surface area contributed by atoms with E-state index in [0.717, 1.165) is 41.5 Å². The zero-order chi connectivity index (χ0) is 19.9. The molecule has 0 fully saturated rings. The molecule has 3 nitrogen and oxygen atoms in total. The van der Waals surface area contributed by atoms with Gasteiger partial charge in [0.2, 0.25) is 0 Å². The number of aromatic nitrogens is 1. The molecule has 1 N–H and O–H groups in total. The molecule has 0 saturated heterocycles. The van der Waals surface area contributed by atoms with Crippen molar-refractivity contribution >= 4 is 16.5 Å². The smallest absolute Gasteiger partial charge is 0.186 e. The highest BCUT2D eigenvalue weighted by Crippen LogP contribution is 2.28. The van der Waals surface area contributed by atoms with Gasteiger partial charge < -0.3 is 10.0 Å². The third-order valence-corrected chi connectivity index (χ3v) is 5.79. The minimum atomic E-state index is 0.0628. The van der Waals surface area contributed by atoms with E-state index in [0.29, 0.717) is 0 Å². The average molecular weight is 401 g/mol. The molecule has 3 aromatic carbocycles. The van der Waals surface area contributed by atoms with Crippen LogP contribution < -0.4 is 4.90 Å². The molecular formula is C25H24N2OS. The van der Waals surface area contributed by atoms with Gasteiger partial charge in [0.05, 0.1) is 12.3 Å². The molecule has 0 spiro atoms. The van der Waals surface area contributed by atoms with E-state index in [1.54, 1.807) is 11.3 Å². The van der Waals surface area contributed by atoms with Gasteiger partial charge in [-0.2, -0.15) is 0 Å². The Bertz CT molecular complexity index is 1030. The minimum Gasteiger partial charge on any atom is -0.392 e. The number of benzene rings is 3. The normalized spacial score (nSPS) is 10.8. The first-order valence-corrected chi connectivity index (χ1v) is 10.7. The third kappa shape index (κ3) is 5.11. The fraction of sp³-hybridized carbons (Fsp3) is 0.160. The average Bonchev–Trinajstić information content (AvgIpc) is 3.28. The zero-order valence-electron chi connectivity index (χ0n) is 16.2. The van der Waals surface area contributed by atoms with Crippen molar-refractivity contribution in [2.24, 2.45) is 0 Å². The summed E-state index contributed by atoms with van der Waals surface area (Å²) >= 11 is 1.68. The lowest BCUT2D eigenvalue weighted by molar-refractivity contribution is 0.281. The van der Waals surface area contributed by atoms with E-state index in [4.69, 9.17) is 4.98 Å². The molecule has 0 aliphatic rings. The van der Waals surface area contributed by atoms with Gasteiger partial charge in [0, 0.05) is 24.0 Å². The van der Waals surface area contributed by atoms with Gasteiger partial charge >= 0.3 is 0 Å². The van der Waals surface area contributed by atoms with Crippen molar-refractivity contribution < 1.29 is 5.11 Å². The van der Waals surface area contributed by atoms with Gasteiger partial charge in [-0.05, 0) is 23.1 Å². The first kappa shape index (κ1) is 19.4. The molecule has 0 bridgehead atoms. The molecule has 4 heteroatoms. The Labute approximate surface area is 175 Å². The molecule has 29 heavy (non-hydrogen) atoms. The topological polar surface area (TPSA) is 36.4 Å². The Morgan fingerprint density at radius 2 is 1.48 bits per heavy atom. The van der Waals surface area contributed by atoms with Crippen molar-refractivity contribution in [2.45, 2.75) is 19.6 Å². The van der Waals surface area contributed by atoms with Crippen molar-refractivity contribution in [3.63, 3.8) is 0 Å². The van der Waals surface area contributed by atoms with Crippen LogP contribution in [0.25, 0.3) is 11.3 Å². The maximum absolute atomic E-state index is 9.47. The largest absolute Gasteiger partial charge is 0.392 e. The predicted molar refractivity (Wildman–Crippen MR) is 121 cm³/mol. The van der Waals surface area contributed by atoms with E-state index in [1.165, 1.54) is 11.1 Å². The summed E-state index contributed by atoms with van der Waals surface area (Å²) in [5, 5.41) is 12.6. The Kier molecular flexibility index (Phi) is 6.35. The van der Waals surface area contributed by atoms with Crippen LogP contribution in [0.5, 0.6) is 0 Å². The Morgan fingerprint density at radius 3 is 2.24 bits per heavy atom. The quantitative estimate of drug-likeness (QED) is 0.421. The molecule has 0 saturated carbocycles. The monoisotopic (exact) mass is 400 g/mol. The molecule has 1 heterocycles. The summed E-state index contributed by atoms with van der Waals surface area (Å²) in [6, 6.07) is 29.0. The van der Waals surface area contributed by atoms with Crippen LogP contribution in [0.15, 0.2) is 90.3 Å². The molecular weight excluding hydrogens is 376 g/mol. The summed E-state index contributed by atoms with van der Waals surface area (Å²) in [5.41, 5.74) is 5.59. The number of aliphatic hydroxyl groups is 1. The lowest BCUT2D eigenvalue weighted by Gasteiger charge is -2.22. The number of hydrogen-bond acceptors (Lipinski definition) is 4. The minimum absolute atomic E-state index is 0.0628.